The van der Waals surface area contributed by atoms with E-state index < -0.39 is 58.2 Å². The summed E-state index contributed by atoms with van der Waals surface area (Å²) in [6.07, 6.45) is -5.05. The summed E-state index contributed by atoms with van der Waals surface area (Å²) in [4.78, 5) is 39.3. The number of thioether (sulfide) groups is 1. The second-order valence-electron chi connectivity index (χ2n) is 9.53. The molecule has 3 aromatic carbocycles. The predicted molar refractivity (Wildman–Crippen MR) is 163 cm³/mol. The minimum atomic E-state index is -1.87. The molecule has 0 saturated carbocycles. The van der Waals surface area contributed by atoms with Crippen molar-refractivity contribution >= 4 is 64.6 Å². The van der Waals surface area contributed by atoms with Crippen LogP contribution >= 0.6 is 46.6 Å². The molecular formula is C30H28Cl3NO8S. The third kappa shape index (κ3) is 9.76. The molecule has 5 atom stereocenters. The van der Waals surface area contributed by atoms with Crippen molar-refractivity contribution in [2.24, 2.45) is 0 Å². The number of aryl methyl sites for hydroxylation is 1. The van der Waals surface area contributed by atoms with E-state index in [9.17, 15) is 19.5 Å². The molecule has 13 heteroatoms. The fraction of sp³-hybridized carbons (Fsp3) is 0.300. The monoisotopic (exact) mass is 667 g/mol. The van der Waals surface area contributed by atoms with Crippen molar-refractivity contribution in [2.75, 3.05) is 13.2 Å². The maximum Gasteiger partial charge on any atom is 0.407 e. The number of carbonyl (C=O) groups excluding carboxylic acids is 3. The van der Waals surface area contributed by atoms with Crippen LogP contribution in [0.3, 0.4) is 0 Å². The quantitative estimate of drug-likeness (QED) is 0.168. The highest BCUT2D eigenvalue weighted by atomic mass is 35.6. The van der Waals surface area contributed by atoms with Gasteiger partial charge in [0, 0.05) is 4.90 Å². The Kier molecular flexibility index (Phi) is 11.6. The van der Waals surface area contributed by atoms with Crippen molar-refractivity contribution in [3.63, 3.8) is 0 Å². The van der Waals surface area contributed by atoms with Crippen molar-refractivity contribution in [1.29, 1.82) is 0 Å². The van der Waals surface area contributed by atoms with Crippen LogP contribution in [0.2, 0.25) is 0 Å². The summed E-state index contributed by atoms with van der Waals surface area (Å²) in [6.45, 7) is 0.995. The Morgan fingerprint density at radius 2 is 1.47 bits per heavy atom. The molecule has 3 aromatic rings. The molecule has 1 fully saturated rings. The van der Waals surface area contributed by atoms with Gasteiger partial charge in [-0.3, -0.25) is 0 Å². The summed E-state index contributed by atoms with van der Waals surface area (Å²) in [5, 5.41) is 14.0. The summed E-state index contributed by atoms with van der Waals surface area (Å²) < 4.78 is 20.6. The molecule has 0 bridgehead atoms. The normalized spacial score (nSPS) is 21.8. The Hall–Kier alpha value is -2.99. The molecule has 1 saturated heterocycles. The number of alkyl halides is 3. The summed E-state index contributed by atoms with van der Waals surface area (Å²) in [5.41, 5.74) is 0.588. The summed E-state index contributed by atoms with van der Waals surface area (Å²) in [5.74, 6) is -1.39. The van der Waals surface area contributed by atoms with E-state index in [1.807, 2.05) is 31.2 Å². The standard InChI is InChI=1S/C30H28Cl3NO8S/c1-18-12-14-21(15-13-18)43-28-23(34-29(38)40-17-30(31,32)33)25(42-27(37)20-10-6-3-7-11-20)24(35)22(41-28)16-39-26(36)19-8-4-2-5-9-19/h2-15,22-25,28,35H,16-17H2,1H3,(H,34,38). The minimum Gasteiger partial charge on any atom is -0.459 e. The third-order valence-corrected chi connectivity index (χ3v) is 7.75. The number of alkyl carbamates (subject to hydrolysis) is 1. The van der Waals surface area contributed by atoms with Gasteiger partial charge in [0.2, 0.25) is 3.79 Å². The smallest absolute Gasteiger partial charge is 0.407 e. The van der Waals surface area contributed by atoms with Gasteiger partial charge in [0.25, 0.3) is 0 Å². The largest absolute Gasteiger partial charge is 0.459 e. The van der Waals surface area contributed by atoms with Crippen LogP contribution in [0.1, 0.15) is 26.3 Å². The molecule has 43 heavy (non-hydrogen) atoms. The van der Waals surface area contributed by atoms with Crippen LogP contribution < -0.4 is 5.32 Å². The van der Waals surface area contributed by atoms with E-state index in [2.05, 4.69) is 5.32 Å². The van der Waals surface area contributed by atoms with Gasteiger partial charge in [-0.25, -0.2) is 14.4 Å². The minimum absolute atomic E-state index is 0.216. The number of amides is 1. The van der Waals surface area contributed by atoms with E-state index in [4.69, 9.17) is 53.8 Å². The first-order valence-electron chi connectivity index (χ1n) is 13.1. The SMILES string of the molecule is Cc1ccc(SC2OC(COC(=O)c3ccccc3)C(O)C(OC(=O)c3ccccc3)C2NC(=O)OCC(Cl)(Cl)Cl)cc1. The predicted octanol–water partition coefficient (Wildman–Crippen LogP) is 5.72. The molecule has 9 nitrogen and oxygen atoms in total. The van der Waals surface area contributed by atoms with Crippen LogP contribution in [0.4, 0.5) is 4.79 Å². The van der Waals surface area contributed by atoms with E-state index in [0.29, 0.717) is 5.56 Å². The lowest BCUT2D eigenvalue weighted by molar-refractivity contribution is -0.172. The zero-order valence-electron chi connectivity index (χ0n) is 22.7. The third-order valence-electron chi connectivity index (χ3n) is 6.24. The zero-order chi connectivity index (χ0) is 31.0. The number of nitrogens with one attached hydrogen (secondary N) is 1. The Morgan fingerprint density at radius 1 is 0.884 bits per heavy atom. The molecule has 1 amide bonds. The number of hydrogen-bond donors (Lipinski definition) is 2. The highest BCUT2D eigenvalue weighted by Gasteiger charge is 2.49. The van der Waals surface area contributed by atoms with Crippen LogP contribution in [-0.4, -0.2) is 69.9 Å². The summed E-state index contributed by atoms with van der Waals surface area (Å²) in [6, 6.07) is 22.8. The molecule has 0 aromatic heterocycles. The average Bonchev–Trinajstić information content (AvgIpc) is 2.99. The van der Waals surface area contributed by atoms with Crippen LogP contribution in [0.5, 0.6) is 0 Å². The molecule has 0 aliphatic carbocycles. The summed E-state index contributed by atoms with van der Waals surface area (Å²) in [7, 11) is 0. The van der Waals surface area contributed by atoms with Gasteiger partial charge in [-0.15, -0.1) is 0 Å². The molecule has 1 heterocycles. The number of hydrogen-bond acceptors (Lipinski definition) is 9. The molecule has 0 radical (unpaired) electrons. The number of halogens is 3. The van der Waals surface area contributed by atoms with Gasteiger partial charge in [-0.2, -0.15) is 0 Å². The molecule has 228 valence electrons. The van der Waals surface area contributed by atoms with Crippen molar-refractivity contribution < 1.29 is 38.4 Å². The first-order chi connectivity index (χ1) is 20.5. The van der Waals surface area contributed by atoms with Crippen LogP contribution in [-0.2, 0) is 18.9 Å². The topological polar surface area (TPSA) is 120 Å². The average molecular weight is 669 g/mol. The second-order valence-corrected chi connectivity index (χ2v) is 13.2. The number of aliphatic hydroxyl groups is 1. The maximum absolute atomic E-state index is 13.1. The van der Waals surface area contributed by atoms with Gasteiger partial charge >= 0.3 is 18.0 Å². The number of benzene rings is 3. The van der Waals surface area contributed by atoms with Gasteiger partial charge in [-0.05, 0) is 43.3 Å². The molecule has 2 N–H and O–H groups in total. The first-order valence-corrected chi connectivity index (χ1v) is 15.1. The van der Waals surface area contributed by atoms with Gasteiger partial charge in [0.1, 0.15) is 36.9 Å². The number of esters is 2. The zero-order valence-corrected chi connectivity index (χ0v) is 25.8. The van der Waals surface area contributed by atoms with Crippen molar-refractivity contribution in [1.82, 2.24) is 5.32 Å². The summed E-state index contributed by atoms with van der Waals surface area (Å²) >= 11 is 18.4. The van der Waals surface area contributed by atoms with E-state index >= 15 is 0 Å². The highest BCUT2D eigenvalue weighted by Crippen LogP contribution is 2.35. The van der Waals surface area contributed by atoms with Crippen LogP contribution in [0.15, 0.2) is 89.8 Å². The van der Waals surface area contributed by atoms with Crippen molar-refractivity contribution in [3.8, 4) is 0 Å². The van der Waals surface area contributed by atoms with E-state index in [1.165, 1.54) is 11.8 Å². The second kappa shape index (κ2) is 15.1. The Labute approximate surface area is 267 Å². The van der Waals surface area contributed by atoms with E-state index in [1.54, 1.807) is 60.7 Å². The number of rotatable bonds is 9. The fourth-order valence-corrected chi connectivity index (χ4v) is 5.40. The Balaban J connectivity index is 1.62. The van der Waals surface area contributed by atoms with Crippen LogP contribution in [0, 0.1) is 6.92 Å². The molecule has 1 aliphatic heterocycles. The Bertz CT molecular complexity index is 1380. The molecular weight excluding hydrogens is 641 g/mol. The van der Waals surface area contributed by atoms with E-state index in [-0.39, 0.29) is 12.2 Å². The maximum atomic E-state index is 13.1. The van der Waals surface area contributed by atoms with Crippen LogP contribution in [0.25, 0.3) is 0 Å². The highest BCUT2D eigenvalue weighted by molar-refractivity contribution is 7.99. The van der Waals surface area contributed by atoms with Gasteiger partial charge in [0.05, 0.1) is 11.1 Å². The van der Waals surface area contributed by atoms with Gasteiger partial charge in [0.15, 0.2) is 6.10 Å². The lowest BCUT2D eigenvalue weighted by Gasteiger charge is -2.43. The van der Waals surface area contributed by atoms with Crippen molar-refractivity contribution in [3.05, 3.63) is 102 Å². The molecule has 4 rings (SSSR count). The number of aliphatic hydroxyl groups excluding tert-OH is 1. The number of ether oxygens (including phenoxy) is 4. The Morgan fingerprint density at radius 3 is 2.05 bits per heavy atom. The van der Waals surface area contributed by atoms with E-state index in [0.717, 1.165) is 10.5 Å². The lowest BCUT2D eigenvalue weighted by Crippen LogP contribution is -2.64. The first kappa shape index (κ1) is 32.9. The van der Waals surface area contributed by atoms with Gasteiger partial charge < -0.3 is 29.4 Å². The molecule has 0 spiro atoms. The van der Waals surface area contributed by atoms with Crippen molar-refractivity contribution in [2.45, 2.75) is 45.4 Å². The lowest BCUT2D eigenvalue weighted by atomic mass is 9.97. The fourth-order valence-electron chi connectivity index (χ4n) is 4.11. The number of carbonyl (C=O) groups is 3. The molecule has 1 aliphatic rings. The van der Waals surface area contributed by atoms with Gasteiger partial charge in [-0.1, -0.05) is 101 Å². The molecule has 5 unspecified atom stereocenters.